The number of rotatable bonds is 6. The summed E-state index contributed by atoms with van der Waals surface area (Å²) in [6, 6.07) is 15.7. The van der Waals surface area contributed by atoms with E-state index >= 15 is 0 Å². The molecule has 1 nitrogen and oxygen atoms in total. The maximum atomic E-state index is 12.9. The molecule has 0 aliphatic carbocycles. The van der Waals surface area contributed by atoms with Gasteiger partial charge in [-0.2, -0.15) is 0 Å². The monoisotopic (exact) mass is 285 g/mol. The largest absolute Gasteiger partial charge is 0.382 e. The van der Waals surface area contributed by atoms with Crippen molar-refractivity contribution in [2.45, 2.75) is 45.6 Å². The van der Waals surface area contributed by atoms with E-state index in [1.807, 2.05) is 12.1 Å². The summed E-state index contributed by atoms with van der Waals surface area (Å²) in [5, 5.41) is 3.50. The van der Waals surface area contributed by atoms with Crippen molar-refractivity contribution >= 4 is 5.69 Å². The van der Waals surface area contributed by atoms with E-state index < -0.39 is 0 Å². The van der Waals surface area contributed by atoms with Crippen LogP contribution in [0.4, 0.5) is 10.1 Å². The minimum absolute atomic E-state index is 0.181. The molecule has 2 heteroatoms. The van der Waals surface area contributed by atoms with Crippen LogP contribution in [0.1, 0.15) is 44.2 Å². The fourth-order valence-electron chi connectivity index (χ4n) is 2.45. The van der Waals surface area contributed by atoms with Crippen LogP contribution in [0.2, 0.25) is 0 Å². The molecule has 0 saturated carbocycles. The summed E-state index contributed by atoms with van der Waals surface area (Å²) in [6.07, 6.45) is 2.04. The zero-order chi connectivity index (χ0) is 15.2. The Bertz CT molecular complexity index is 545. The van der Waals surface area contributed by atoms with E-state index in [-0.39, 0.29) is 5.82 Å². The molecule has 0 aliphatic heterocycles. The summed E-state index contributed by atoms with van der Waals surface area (Å²) in [5.74, 6) is 0.427. The Labute approximate surface area is 127 Å². The summed E-state index contributed by atoms with van der Waals surface area (Å²) in [7, 11) is 0. The molecule has 0 aliphatic rings. The third kappa shape index (κ3) is 4.59. The zero-order valence-corrected chi connectivity index (χ0v) is 13.1. The van der Waals surface area contributed by atoms with E-state index in [4.69, 9.17) is 0 Å². The first-order valence-electron chi connectivity index (χ1n) is 7.69. The molecule has 0 amide bonds. The molecule has 2 unspecified atom stereocenters. The Morgan fingerprint density at radius 1 is 0.952 bits per heavy atom. The summed E-state index contributed by atoms with van der Waals surface area (Å²) < 4.78 is 12.9. The van der Waals surface area contributed by atoms with Crippen molar-refractivity contribution in [3.63, 3.8) is 0 Å². The van der Waals surface area contributed by atoms with Crippen molar-refractivity contribution in [1.82, 2.24) is 0 Å². The molecule has 2 atom stereocenters. The fourth-order valence-corrected chi connectivity index (χ4v) is 2.45. The number of anilines is 1. The van der Waals surface area contributed by atoms with Crippen LogP contribution < -0.4 is 5.32 Å². The van der Waals surface area contributed by atoms with Gasteiger partial charge in [0.2, 0.25) is 0 Å². The van der Waals surface area contributed by atoms with Crippen LogP contribution in [-0.2, 0) is 6.42 Å². The summed E-state index contributed by atoms with van der Waals surface area (Å²) in [4.78, 5) is 0. The van der Waals surface area contributed by atoms with Gasteiger partial charge < -0.3 is 5.32 Å². The number of hydrogen-bond acceptors (Lipinski definition) is 1. The number of nitrogens with one attached hydrogen (secondary N) is 1. The van der Waals surface area contributed by atoms with E-state index in [2.05, 4.69) is 50.4 Å². The lowest BCUT2D eigenvalue weighted by Gasteiger charge is -2.16. The summed E-state index contributed by atoms with van der Waals surface area (Å²) in [6.45, 7) is 6.60. The molecular weight excluding hydrogens is 261 g/mol. The Kier molecular flexibility index (Phi) is 5.38. The van der Waals surface area contributed by atoms with Gasteiger partial charge in [0.25, 0.3) is 0 Å². The van der Waals surface area contributed by atoms with Gasteiger partial charge in [0, 0.05) is 11.7 Å². The van der Waals surface area contributed by atoms with Gasteiger partial charge in [0.1, 0.15) is 5.82 Å². The van der Waals surface area contributed by atoms with E-state index in [0.717, 1.165) is 24.1 Å². The number of hydrogen-bond donors (Lipinski definition) is 1. The van der Waals surface area contributed by atoms with Crippen molar-refractivity contribution in [2.75, 3.05) is 5.32 Å². The van der Waals surface area contributed by atoms with Crippen LogP contribution in [0, 0.1) is 5.82 Å². The first kappa shape index (κ1) is 15.6. The average Bonchev–Trinajstić information content (AvgIpc) is 2.49. The Morgan fingerprint density at radius 2 is 1.57 bits per heavy atom. The van der Waals surface area contributed by atoms with Gasteiger partial charge in [0.15, 0.2) is 0 Å². The lowest BCUT2D eigenvalue weighted by molar-refractivity contribution is 0.626. The molecule has 2 aromatic rings. The van der Waals surface area contributed by atoms with Gasteiger partial charge in [-0.1, -0.05) is 38.1 Å². The van der Waals surface area contributed by atoms with Crippen molar-refractivity contribution in [2.24, 2.45) is 0 Å². The molecule has 0 spiro atoms. The van der Waals surface area contributed by atoms with Gasteiger partial charge in [0.05, 0.1) is 0 Å². The quantitative estimate of drug-likeness (QED) is 0.751. The fraction of sp³-hybridized carbons (Fsp3) is 0.368. The molecule has 112 valence electrons. The molecule has 0 radical (unpaired) electrons. The van der Waals surface area contributed by atoms with Crippen LogP contribution >= 0.6 is 0 Å². The van der Waals surface area contributed by atoms with E-state index in [1.54, 1.807) is 0 Å². The molecule has 0 bridgehead atoms. The van der Waals surface area contributed by atoms with Gasteiger partial charge in [-0.3, -0.25) is 0 Å². The van der Waals surface area contributed by atoms with Crippen LogP contribution in [-0.4, -0.2) is 6.04 Å². The molecular formula is C19H24FN. The van der Waals surface area contributed by atoms with Crippen molar-refractivity contribution in [3.05, 3.63) is 65.5 Å². The van der Waals surface area contributed by atoms with Gasteiger partial charge in [-0.15, -0.1) is 0 Å². The van der Waals surface area contributed by atoms with Crippen LogP contribution in [0.5, 0.6) is 0 Å². The normalized spacial score (nSPS) is 13.7. The second-order valence-corrected chi connectivity index (χ2v) is 5.81. The molecule has 2 aromatic carbocycles. The third-order valence-corrected chi connectivity index (χ3v) is 3.96. The minimum atomic E-state index is -0.181. The maximum Gasteiger partial charge on any atom is 0.123 e. The summed E-state index contributed by atoms with van der Waals surface area (Å²) >= 11 is 0. The Balaban J connectivity index is 1.93. The highest BCUT2D eigenvalue weighted by atomic mass is 19.1. The smallest absolute Gasteiger partial charge is 0.123 e. The molecule has 0 saturated heterocycles. The predicted molar refractivity (Wildman–Crippen MR) is 88.3 cm³/mol. The van der Waals surface area contributed by atoms with E-state index in [9.17, 15) is 4.39 Å². The third-order valence-electron chi connectivity index (χ3n) is 3.96. The van der Waals surface area contributed by atoms with E-state index in [1.165, 1.54) is 17.7 Å². The van der Waals surface area contributed by atoms with Crippen LogP contribution in [0.25, 0.3) is 0 Å². The van der Waals surface area contributed by atoms with Gasteiger partial charge in [-0.25, -0.2) is 4.39 Å². The van der Waals surface area contributed by atoms with Crippen molar-refractivity contribution < 1.29 is 4.39 Å². The molecule has 0 fully saturated rings. The lowest BCUT2D eigenvalue weighted by Crippen LogP contribution is -2.18. The maximum absolute atomic E-state index is 12.9. The second kappa shape index (κ2) is 7.26. The number of halogens is 1. The first-order chi connectivity index (χ1) is 10.1. The highest BCUT2D eigenvalue weighted by molar-refractivity contribution is 5.46. The van der Waals surface area contributed by atoms with Crippen LogP contribution in [0.3, 0.4) is 0 Å². The Morgan fingerprint density at radius 3 is 2.14 bits per heavy atom. The number of benzene rings is 2. The Hall–Kier alpha value is -1.83. The molecule has 21 heavy (non-hydrogen) atoms. The molecule has 0 heterocycles. The molecule has 1 N–H and O–H groups in total. The first-order valence-corrected chi connectivity index (χ1v) is 7.69. The van der Waals surface area contributed by atoms with Crippen LogP contribution in [0.15, 0.2) is 48.5 Å². The standard InChI is InChI=1S/C19H24FN/c1-4-14(2)17-7-11-19(12-8-17)21-15(3)13-16-5-9-18(20)10-6-16/h5-12,14-15,21H,4,13H2,1-3H3. The highest BCUT2D eigenvalue weighted by Gasteiger charge is 2.06. The highest BCUT2D eigenvalue weighted by Crippen LogP contribution is 2.21. The van der Waals surface area contributed by atoms with Crippen molar-refractivity contribution in [1.29, 1.82) is 0 Å². The lowest BCUT2D eigenvalue weighted by atomic mass is 9.98. The SMILES string of the molecule is CCC(C)c1ccc(NC(C)Cc2ccc(F)cc2)cc1. The van der Waals surface area contributed by atoms with E-state index in [0.29, 0.717) is 12.0 Å². The van der Waals surface area contributed by atoms with Gasteiger partial charge in [-0.05, 0) is 61.1 Å². The predicted octanol–water partition coefficient (Wildman–Crippen LogP) is 5.38. The molecule has 2 rings (SSSR count). The molecule has 0 aromatic heterocycles. The minimum Gasteiger partial charge on any atom is -0.382 e. The topological polar surface area (TPSA) is 12.0 Å². The zero-order valence-electron chi connectivity index (χ0n) is 13.1. The summed E-state index contributed by atoms with van der Waals surface area (Å²) in [5.41, 5.74) is 3.67. The van der Waals surface area contributed by atoms with Crippen molar-refractivity contribution in [3.8, 4) is 0 Å². The average molecular weight is 285 g/mol. The van der Waals surface area contributed by atoms with Gasteiger partial charge >= 0.3 is 0 Å². The second-order valence-electron chi connectivity index (χ2n) is 5.81.